The van der Waals surface area contributed by atoms with Gasteiger partial charge in [0.1, 0.15) is 5.69 Å². The van der Waals surface area contributed by atoms with Crippen LogP contribution in [-0.4, -0.2) is 29.9 Å². The molecule has 0 radical (unpaired) electrons. The van der Waals surface area contributed by atoms with Gasteiger partial charge in [-0.3, -0.25) is 4.79 Å². The molecule has 0 atom stereocenters. The van der Waals surface area contributed by atoms with Crippen molar-refractivity contribution in [2.24, 2.45) is 0 Å². The minimum atomic E-state index is 0.00325. The van der Waals surface area contributed by atoms with Gasteiger partial charge in [0.25, 0.3) is 5.91 Å². The molecule has 1 heterocycles. The third-order valence-electron chi connectivity index (χ3n) is 3.13. The zero-order valence-corrected chi connectivity index (χ0v) is 11.7. The molecule has 0 aliphatic carbocycles. The Kier molecular flexibility index (Phi) is 2.93. The van der Waals surface area contributed by atoms with Crippen molar-refractivity contribution in [3.8, 4) is 0 Å². The highest BCUT2D eigenvalue weighted by atomic mass is 16.2. The summed E-state index contributed by atoms with van der Waals surface area (Å²) < 4.78 is 0. The lowest BCUT2D eigenvalue weighted by atomic mass is 9.87. The first-order chi connectivity index (χ1) is 8.29. The number of nitrogens with zero attached hydrogens (tertiary/aromatic N) is 1. The molecular formula is C15H20N2O. The molecule has 1 N–H and O–H groups in total. The Hall–Kier alpha value is -1.77. The Labute approximate surface area is 108 Å². The van der Waals surface area contributed by atoms with Gasteiger partial charge in [-0.05, 0) is 23.1 Å². The van der Waals surface area contributed by atoms with Crippen molar-refractivity contribution < 1.29 is 4.79 Å². The monoisotopic (exact) mass is 244 g/mol. The molecule has 3 heteroatoms. The fourth-order valence-corrected chi connectivity index (χ4v) is 1.95. The maximum absolute atomic E-state index is 11.9. The lowest BCUT2D eigenvalue weighted by Gasteiger charge is -2.18. The molecule has 1 amide bonds. The average molecular weight is 244 g/mol. The van der Waals surface area contributed by atoms with Gasteiger partial charge in [-0.2, -0.15) is 0 Å². The van der Waals surface area contributed by atoms with Crippen LogP contribution in [0.2, 0.25) is 0 Å². The number of carbonyl (C=O) groups excluding carboxylic acids is 1. The van der Waals surface area contributed by atoms with Crippen molar-refractivity contribution in [2.75, 3.05) is 14.1 Å². The molecule has 1 aromatic carbocycles. The summed E-state index contributed by atoms with van der Waals surface area (Å²) in [5.41, 5.74) is 3.04. The van der Waals surface area contributed by atoms with Gasteiger partial charge >= 0.3 is 0 Å². The topological polar surface area (TPSA) is 36.1 Å². The van der Waals surface area contributed by atoms with Gasteiger partial charge in [-0.1, -0.05) is 32.9 Å². The number of nitrogens with one attached hydrogen (secondary N) is 1. The fraction of sp³-hybridized carbons (Fsp3) is 0.400. The van der Waals surface area contributed by atoms with Gasteiger partial charge in [-0.15, -0.1) is 0 Å². The van der Waals surface area contributed by atoms with Gasteiger partial charge in [0.2, 0.25) is 0 Å². The predicted octanol–water partition coefficient (Wildman–Crippen LogP) is 3.17. The summed E-state index contributed by atoms with van der Waals surface area (Å²) in [6.07, 6.45) is 0. The summed E-state index contributed by atoms with van der Waals surface area (Å²) in [5.74, 6) is 0.00325. The molecule has 0 saturated carbocycles. The van der Waals surface area contributed by atoms with E-state index in [2.05, 4.69) is 44.0 Å². The van der Waals surface area contributed by atoms with Gasteiger partial charge in [0.05, 0.1) is 0 Å². The molecule has 3 nitrogen and oxygen atoms in total. The van der Waals surface area contributed by atoms with Crippen LogP contribution >= 0.6 is 0 Å². The van der Waals surface area contributed by atoms with E-state index in [1.807, 2.05) is 6.07 Å². The van der Waals surface area contributed by atoms with Crippen LogP contribution < -0.4 is 0 Å². The van der Waals surface area contributed by atoms with Crippen molar-refractivity contribution in [3.63, 3.8) is 0 Å². The largest absolute Gasteiger partial charge is 0.351 e. The Morgan fingerprint density at radius 1 is 1.17 bits per heavy atom. The quantitative estimate of drug-likeness (QED) is 0.821. The smallest absolute Gasteiger partial charge is 0.269 e. The number of H-pyrrole nitrogens is 1. The molecule has 0 fully saturated rings. The number of hydrogen-bond donors (Lipinski definition) is 1. The first-order valence-corrected chi connectivity index (χ1v) is 6.14. The Balaban J connectivity index is 2.50. The second-order valence-electron chi connectivity index (χ2n) is 5.93. The molecule has 0 bridgehead atoms. The van der Waals surface area contributed by atoms with Gasteiger partial charge in [-0.25, -0.2) is 0 Å². The van der Waals surface area contributed by atoms with Crippen LogP contribution in [0.25, 0.3) is 10.9 Å². The maximum atomic E-state index is 11.9. The summed E-state index contributed by atoms with van der Waals surface area (Å²) in [6.45, 7) is 6.55. The van der Waals surface area contributed by atoms with E-state index in [1.165, 1.54) is 5.56 Å². The number of benzene rings is 1. The van der Waals surface area contributed by atoms with Crippen LogP contribution in [0.3, 0.4) is 0 Å². The van der Waals surface area contributed by atoms with Crippen LogP contribution in [-0.2, 0) is 5.41 Å². The highest BCUT2D eigenvalue weighted by Crippen LogP contribution is 2.26. The van der Waals surface area contributed by atoms with Gasteiger partial charge in [0.15, 0.2) is 0 Å². The SMILES string of the molecule is CN(C)C(=O)c1cc2ccc(C(C)(C)C)cc2[nH]1. The number of aromatic amines is 1. The lowest BCUT2D eigenvalue weighted by Crippen LogP contribution is -2.21. The lowest BCUT2D eigenvalue weighted by molar-refractivity contribution is 0.0823. The number of hydrogen-bond acceptors (Lipinski definition) is 1. The van der Waals surface area contributed by atoms with Gasteiger partial charge in [0, 0.05) is 25.0 Å². The van der Waals surface area contributed by atoms with E-state index in [9.17, 15) is 4.79 Å². The molecule has 0 aliphatic rings. The van der Waals surface area contributed by atoms with Gasteiger partial charge < -0.3 is 9.88 Å². The van der Waals surface area contributed by atoms with E-state index in [4.69, 9.17) is 0 Å². The third kappa shape index (κ3) is 2.26. The molecule has 0 spiro atoms. The van der Waals surface area contributed by atoms with E-state index in [-0.39, 0.29) is 11.3 Å². The highest BCUT2D eigenvalue weighted by molar-refractivity contribution is 5.97. The van der Waals surface area contributed by atoms with Crippen molar-refractivity contribution in [2.45, 2.75) is 26.2 Å². The van der Waals surface area contributed by atoms with Crippen molar-refractivity contribution in [1.82, 2.24) is 9.88 Å². The predicted molar refractivity (Wildman–Crippen MR) is 75.0 cm³/mol. The van der Waals surface area contributed by atoms with Crippen LogP contribution in [0.5, 0.6) is 0 Å². The number of carbonyl (C=O) groups is 1. The second kappa shape index (κ2) is 4.16. The standard InChI is InChI=1S/C15H20N2O/c1-15(2,3)11-7-6-10-8-13(14(18)17(4)5)16-12(10)9-11/h6-9,16H,1-5H3. The molecule has 0 aliphatic heterocycles. The van der Waals surface area contributed by atoms with E-state index < -0.39 is 0 Å². The summed E-state index contributed by atoms with van der Waals surface area (Å²) >= 11 is 0. The fourth-order valence-electron chi connectivity index (χ4n) is 1.95. The molecule has 2 rings (SSSR count). The molecule has 0 saturated heterocycles. The minimum absolute atomic E-state index is 0.00325. The normalized spacial score (nSPS) is 11.8. The van der Waals surface area contributed by atoms with E-state index in [0.29, 0.717) is 5.69 Å². The number of rotatable bonds is 1. The molecule has 2 aromatic rings. The first-order valence-electron chi connectivity index (χ1n) is 6.14. The van der Waals surface area contributed by atoms with E-state index in [1.54, 1.807) is 19.0 Å². The molecule has 1 aromatic heterocycles. The van der Waals surface area contributed by atoms with E-state index >= 15 is 0 Å². The first kappa shape index (κ1) is 12.7. The van der Waals surface area contributed by atoms with Crippen molar-refractivity contribution in [3.05, 3.63) is 35.5 Å². The van der Waals surface area contributed by atoms with Crippen LogP contribution in [0, 0.1) is 0 Å². The number of amides is 1. The second-order valence-corrected chi connectivity index (χ2v) is 5.93. The summed E-state index contributed by atoms with van der Waals surface area (Å²) in [7, 11) is 3.52. The summed E-state index contributed by atoms with van der Waals surface area (Å²) in [4.78, 5) is 16.7. The Morgan fingerprint density at radius 2 is 1.83 bits per heavy atom. The minimum Gasteiger partial charge on any atom is -0.351 e. The third-order valence-corrected chi connectivity index (χ3v) is 3.13. The average Bonchev–Trinajstić information content (AvgIpc) is 2.68. The molecule has 96 valence electrons. The number of fused-ring (bicyclic) bond motifs is 1. The molecule has 0 unspecified atom stereocenters. The maximum Gasteiger partial charge on any atom is 0.269 e. The van der Waals surface area contributed by atoms with Crippen LogP contribution in [0.4, 0.5) is 0 Å². The van der Waals surface area contributed by atoms with E-state index in [0.717, 1.165) is 10.9 Å². The number of aromatic nitrogens is 1. The van der Waals surface area contributed by atoms with Crippen LogP contribution in [0.15, 0.2) is 24.3 Å². The van der Waals surface area contributed by atoms with Crippen molar-refractivity contribution in [1.29, 1.82) is 0 Å². The molecular weight excluding hydrogens is 224 g/mol. The van der Waals surface area contributed by atoms with Crippen LogP contribution in [0.1, 0.15) is 36.8 Å². The highest BCUT2D eigenvalue weighted by Gasteiger charge is 2.16. The zero-order valence-electron chi connectivity index (χ0n) is 11.7. The summed E-state index contributed by atoms with van der Waals surface area (Å²) in [5, 5.41) is 1.08. The van der Waals surface area contributed by atoms with Crippen molar-refractivity contribution >= 4 is 16.8 Å². The Morgan fingerprint density at radius 3 is 2.39 bits per heavy atom. The zero-order chi connectivity index (χ0) is 13.5. The molecule has 18 heavy (non-hydrogen) atoms. The summed E-state index contributed by atoms with van der Waals surface area (Å²) in [6, 6.07) is 8.23. The Bertz CT molecular complexity index is 588.